The first kappa shape index (κ1) is 23.3. The Kier molecular flexibility index (Phi) is 6.27. The summed E-state index contributed by atoms with van der Waals surface area (Å²) in [5.74, 6) is 0.300. The molecule has 1 saturated carbocycles. The van der Waals surface area contributed by atoms with Crippen LogP contribution >= 0.6 is 0 Å². The van der Waals surface area contributed by atoms with Crippen LogP contribution in [-0.2, 0) is 4.74 Å². The van der Waals surface area contributed by atoms with Crippen LogP contribution < -0.4 is 21.1 Å². The van der Waals surface area contributed by atoms with Crippen molar-refractivity contribution in [2.75, 3.05) is 17.3 Å². The van der Waals surface area contributed by atoms with Crippen molar-refractivity contribution in [3.05, 3.63) is 46.5 Å². The van der Waals surface area contributed by atoms with Crippen LogP contribution in [0.15, 0.2) is 35.4 Å². The maximum absolute atomic E-state index is 13.0. The van der Waals surface area contributed by atoms with E-state index in [-0.39, 0.29) is 40.2 Å². The van der Waals surface area contributed by atoms with E-state index in [1.54, 1.807) is 46.0 Å². The molecule has 3 aromatic rings. The minimum absolute atomic E-state index is 0.121. The van der Waals surface area contributed by atoms with Crippen molar-refractivity contribution in [1.29, 1.82) is 0 Å². The third kappa shape index (κ3) is 5.03. The summed E-state index contributed by atoms with van der Waals surface area (Å²) in [4.78, 5) is 46.4. The Morgan fingerprint density at radius 1 is 1.26 bits per heavy atom. The average molecular weight is 468 g/mol. The van der Waals surface area contributed by atoms with Crippen LogP contribution in [0, 0.1) is 0 Å². The van der Waals surface area contributed by atoms with Crippen LogP contribution in [0.4, 0.5) is 22.1 Å². The number of H-pyrrole nitrogens is 1. The number of ether oxygens (including phenoxy) is 1. The van der Waals surface area contributed by atoms with Gasteiger partial charge in [0.25, 0.3) is 11.5 Å². The first-order valence-electron chi connectivity index (χ1n) is 11.2. The van der Waals surface area contributed by atoms with Gasteiger partial charge in [-0.1, -0.05) is 12.8 Å². The fourth-order valence-electron chi connectivity index (χ4n) is 3.83. The molecule has 34 heavy (non-hydrogen) atoms. The van der Waals surface area contributed by atoms with Crippen LogP contribution in [0.1, 0.15) is 56.8 Å². The molecule has 0 saturated heterocycles. The number of aromatic nitrogens is 4. The summed E-state index contributed by atoms with van der Waals surface area (Å²) in [6.07, 6.45) is 6.40. The molecule has 3 heterocycles. The monoisotopic (exact) mass is 467 g/mol. The van der Waals surface area contributed by atoms with E-state index in [4.69, 9.17) is 4.74 Å². The van der Waals surface area contributed by atoms with Crippen molar-refractivity contribution >= 4 is 35.0 Å². The molecule has 3 aromatic heterocycles. The molecule has 11 heteroatoms. The Hall–Kier alpha value is -3.89. The molecule has 0 spiro atoms. The van der Waals surface area contributed by atoms with Crippen LogP contribution in [-0.4, -0.2) is 50.3 Å². The molecule has 0 radical (unpaired) electrons. The number of hydrogen-bond donors (Lipinski definition) is 3. The standard InChI is InChI=1S/C23H29N7O4/c1-23(2,3)34-22(33)29(4)18-12-17(27-16-10-7-11-24-21(16)32)28-19-15(13-25-30(18)19)20(31)26-14-8-5-6-9-14/h7,10-14H,5-6,8-9H2,1-4H3,(H,24,32)(H,26,31)(H,27,28). The van der Waals surface area contributed by atoms with E-state index in [1.807, 2.05) is 0 Å². The number of nitrogens with zero attached hydrogens (tertiary/aromatic N) is 4. The van der Waals surface area contributed by atoms with E-state index in [9.17, 15) is 14.4 Å². The number of fused-ring (bicyclic) bond motifs is 1. The summed E-state index contributed by atoms with van der Waals surface area (Å²) < 4.78 is 6.90. The molecule has 4 rings (SSSR count). The molecule has 1 aliphatic rings. The van der Waals surface area contributed by atoms with E-state index < -0.39 is 11.7 Å². The lowest BCUT2D eigenvalue weighted by Crippen LogP contribution is -2.35. The molecule has 0 bridgehead atoms. The number of aromatic amines is 1. The Bertz CT molecular complexity index is 1270. The number of anilines is 3. The highest BCUT2D eigenvalue weighted by molar-refractivity contribution is 6.00. The fraction of sp³-hybridized carbons (Fsp3) is 0.435. The van der Waals surface area contributed by atoms with Gasteiger partial charge in [0.15, 0.2) is 5.65 Å². The predicted octanol–water partition coefficient (Wildman–Crippen LogP) is 3.20. The molecule has 3 N–H and O–H groups in total. The quantitative estimate of drug-likeness (QED) is 0.525. The maximum Gasteiger partial charge on any atom is 0.415 e. The highest BCUT2D eigenvalue weighted by Crippen LogP contribution is 2.25. The Balaban J connectivity index is 1.76. The van der Waals surface area contributed by atoms with E-state index in [0.29, 0.717) is 5.82 Å². The lowest BCUT2D eigenvalue weighted by Gasteiger charge is -2.25. The van der Waals surface area contributed by atoms with Crippen molar-refractivity contribution in [2.24, 2.45) is 0 Å². The van der Waals surface area contributed by atoms with Crippen LogP contribution in [0.25, 0.3) is 5.65 Å². The third-order valence-corrected chi connectivity index (χ3v) is 5.48. The van der Waals surface area contributed by atoms with Crippen molar-refractivity contribution in [1.82, 2.24) is 24.9 Å². The normalized spacial score (nSPS) is 14.2. The van der Waals surface area contributed by atoms with Gasteiger partial charge in [0.1, 0.15) is 28.5 Å². The SMILES string of the molecule is CN(C(=O)OC(C)(C)C)c1cc(Nc2ccc[nH]c2=O)nc2c(C(=O)NC3CCCC3)cnn12. The minimum Gasteiger partial charge on any atom is -0.443 e. The largest absolute Gasteiger partial charge is 0.443 e. The van der Waals surface area contributed by atoms with Crippen LogP contribution in [0.3, 0.4) is 0 Å². The smallest absolute Gasteiger partial charge is 0.415 e. The zero-order chi connectivity index (χ0) is 24.5. The minimum atomic E-state index is -0.702. The summed E-state index contributed by atoms with van der Waals surface area (Å²) >= 11 is 0. The molecular formula is C23H29N7O4. The van der Waals surface area contributed by atoms with Crippen molar-refractivity contribution < 1.29 is 14.3 Å². The Morgan fingerprint density at radius 3 is 2.68 bits per heavy atom. The zero-order valence-corrected chi connectivity index (χ0v) is 19.7. The second-order valence-electron chi connectivity index (χ2n) is 9.33. The number of amides is 2. The zero-order valence-electron chi connectivity index (χ0n) is 19.7. The summed E-state index contributed by atoms with van der Waals surface area (Å²) in [6, 6.07) is 4.96. The number of nitrogens with one attached hydrogen (secondary N) is 3. The van der Waals surface area contributed by atoms with Crippen molar-refractivity contribution in [3.63, 3.8) is 0 Å². The summed E-state index contributed by atoms with van der Waals surface area (Å²) in [7, 11) is 1.54. The summed E-state index contributed by atoms with van der Waals surface area (Å²) in [5, 5.41) is 10.3. The van der Waals surface area contributed by atoms with Gasteiger partial charge >= 0.3 is 6.09 Å². The van der Waals surface area contributed by atoms with Crippen LogP contribution in [0.2, 0.25) is 0 Å². The molecule has 0 aliphatic heterocycles. The van der Waals surface area contributed by atoms with Crippen molar-refractivity contribution in [3.8, 4) is 0 Å². The Labute approximate surface area is 196 Å². The number of rotatable bonds is 5. The van der Waals surface area contributed by atoms with Gasteiger partial charge in [0.2, 0.25) is 0 Å². The average Bonchev–Trinajstić information content (AvgIpc) is 3.43. The van der Waals surface area contributed by atoms with E-state index in [0.717, 1.165) is 25.7 Å². The molecule has 11 nitrogen and oxygen atoms in total. The second-order valence-corrected chi connectivity index (χ2v) is 9.33. The second kappa shape index (κ2) is 9.16. The lowest BCUT2D eigenvalue weighted by molar-refractivity contribution is 0.0587. The summed E-state index contributed by atoms with van der Waals surface area (Å²) in [5.41, 5.74) is -0.248. The van der Waals surface area contributed by atoms with E-state index in [1.165, 1.54) is 21.8 Å². The fourth-order valence-corrected chi connectivity index (χ4v) is 3.83. The number of hydrogen-bond acceptors (Lipinski definition) is 7. The van der Waals surface area contributed by atoms with Gasteiger partial charge in [-0.05, 0) is 45.7 Å². The molecule has 180 valence electrons. The maximum atomic E-state index is 13.0. The van der Waals surface area contributed by atoms with E-state index in [2.05, 4.69) is 25.7 Å². The van der Waals surface area contributed by atoms with Gasteiger partial charge < -0.3 is 20.4 Å². The van der Waals surface area contributed by atoms with Gasteiger partial charge in [-0.15, -0.1) is 0 Å². The van der Waals surface area contributed by atoms with Crippen molar-refractivity contribution in [2.45, 2.75) is 58.1 Å². The highest BCUT2D eigenvalue weighted by Gasteiger charge is 2.26. The van der Waals surface area contributed by atoms with Gasteiger partial charge in [0.05, 0.1) is 6.20 Å². The molecular weight excluding hydrogens is 438 g/mol. The first-order valence-corrected chi connectivity index (χ1v) is 11.2. The predicted molar refractivity (Wildman–Crippen MR) is 128 cm³/mol. The third-order valence-electron chi connectivity index (χ3n) is 5.48. The molecule has 0 aromatic carbocycles. The molecule has 0 atom stereocenters. The molecule has 2 amide bonds. The van der Waals surface area contributed by atoms with Crippen LogP contribution in [0.5, 0.6) is 0 Å². The Morgan fingerprint density at radius 2 is 2.00 bits per heavy atom. The van der Waals surface area contributed by atoms with Gasteiger partial charge in [-0.25, -0.2) is 9.78 Å². The van der Waals surface area contributed by atoms with E-state index >= 15 is 0 Å². The highest BCUT2D eigenvalue weighted by atomic mass is 16.6. The van der Waals surface area contributed by atoms with Gasteiger partial charge in [0, 0.05) is 25.4 Å². The molecule has 0 unspecified atom stereocenters. The summed E-state index contributed by atoms with van der Waals surface area (Å²) in [6.45, 7) is 5.32. The van der Waals surface area contributed by atoms with Gasteiger partial charge in [-0.3, -0.25) is 14.5 Å². The van der Waals surface area contributed by atoms with Gasteiger partial charge in [-0.2, -0.15) is 9.61 Å². The molecule has 1 fully saturated rings. The number of carbonyl (C=O) groups is 2. The lowest BCUT2D eigenvalue weighted by atomic mass is 10.2. The first-order chi connectivity index (χ1) is 16.1. The number of pyridine rings is 1. The topological polar surface area (TPSA) is 134 Å². The number of carbonyl (C=O) groups excluding carboxylic acids is 2. The molecule has 1 aliphatic carbocycles.